The number of halogens is 3. The quantitative estimate of drug-likeness (QED) is 0.242. The summed E-state index contributed by atoms with van der Waals surface area (Å²) in [5.41, 5.74) is 2.79. The number of thioether (sulfide) groups is 1. The molecule has 0 aliphatic heterocycles. The minimum absolute atomic E-state index is 0.118. The highest BCUT2D eigenvalue weighted by Crippen LogP contribution is 2.26. The summed E-state index contributed by atoms with van der Waals surface area (Å²) in [5, 5.41) is 4.92. The summed E-state index contributed by atoms with van der Waals surface area (Å²) in [5.74, 6) is 0.621. The van der Waals surface area contributed by atoms with Crippen molar-refractivity contribution in [3.8, 4) is 0 Å². The van der Waals surface area contributed by atoms with Crippen LogP contribution in [0.1, 0.15) is 48.8 Å². The summed E-state index contributed by atoms with van der Waals surface area (Å²) in [6.07, 6.45) is 5.76. The minimum atomic E-state index is -0.680. The summed E-state index contributed by atoms with van der Waals surface area (Å²) in [6.45, 7) is 0.210. The molecule has 39 heavy (non-hydrogen) atoms. The average Bonchev–Trinajstić information content (AvgIpc) is 2.93. The van der Waals surface area contributed by atoms with Crippen molar-refractivity contribution < 1.29 is 9.59 Å². The highest BCUT2D eigenvalue weighted by molar-refractivity contribution is 7.99. The number of benzene rings is 3. The molecule has 0 bridgehead atoms. The normalized spacial score (nSPS) is 14.5. The summed E-state index contributed by atoms with van der Waals surface area (Å²) < 4.78 is 0. The van der Waals surface area contributed by atoms with Crippen LogP contribution in [-0.4, -0.2) is 34.6 Å². The Balaban J connectivity index is 1.59. The van der Waals surface area contributed by atoms with Crippen LogP contribution in [-0.2, 0) is 28.3 Å². The second-order valence-electron chi connectivity index (χ2n) is 9.93. The third-order valence-electron chi connectivity index (χ3n) is 6.96. The van der Waals surface area contributed by atoms with E-state index in [4.69, 9.17) is 34.8 Å². The first-order chi connectivity index (χ1) is 18.9. The Morgan fingerprint density at radius 2 is 1.59 bits per heavy atom. The standard InChI is InChI=1S/C31H33Cl3N2O2S/c32-25-11-7-10-23(16-25)20-39-21-30(37)36(19-24-14-15-26(33)18-28(24)34)29(17-22-8-3-1-4-9-22)31(38)35-27-12-5-2-6-13-27/h1,3-4,7-11,14-16,18,27,29H,2,5-6,12-13,17,19-21H2,(H,35,38)/t29-/m1/s1. The number of nitrogens with one attached hydrogen (secondary N) is 1. The van der Waals surface area contributed by atoms with E-state index in [2.05, 4.69) is 5.32 Å². The molecule has 0 heterocycles. The Morgan fingerprint density at radius 3 is 2.31 bits per heavy atom. The maximum atomic E-state index is 13.8. The SMILES string of the molecule is O=C(NC1CCCCC1)[C@@H](Cc1ccccc1)N(Cc1ccc(Cl)cc1Cl)C(=O)CSCc1cccc(Cl)c1. The highest BCUT2D eigenvalue weighted by Gasteiger charge is 2.32. The average molecular weight is 604 g/mol. The van der Waals surface area contributed by atoms with E-state index < -0.39 is 6.04 Å². The largest absolute Gasteiger partial charge is 0.352 e. The van der Waals surface area contributed by atoms with Crippen molar-refractivity contribution in [1.82, 2.24) is 10.2 Å². The predicted molar refractivity (Wildman–Crippen MR) is 164 cm³/mol. The lowest BCUT2D eigenvalue weighted by Crippen LogP contribution is -2.53. The molecule has 0 saturated heterocycles. The van der Waals surface area contributed by atoms with Gasteiger partial charge in [-0.15, -0.1) is 11.8 Å². The Labute approximate surface area is 250 Å². The summed E-state index contributed by atoms with van der Waals surface area (Å²) in [4.78, 5) is 29.4. The predicted octanol–water partition coefficient (Wildman–Crippen LogP) is 7.97. The van der Waals surface area contributed by atoms with E-state index in [0.717, 1.165) is 42.4 Å². The molecule has 1 saturated carbocycles. The molecule has 0 unspecified atom stereocenters. The van der Waals surface area contributed by atoms with Gasteiger partial charge >= 0.3 is 0 Å². The Hall–Kier alpha value is -2.18. The molecule has 4 nitrogen and oxygen atoms in total. The van der Waals surface area contributed by atoms with Crippen LogP contribution in [0, 0.1) is 0 Å². The molecule has 1 N–H and O–H groups in total. The van der Waals surface area contributed by atoms with Crippen molar-refractivity contribution in [2.24, 2.45) is 0 Å². The summed E-state index contributed by atoms with van der Waals surface area (Å²) in [7, 11) is 0. The molecule has 206 valence electrons. The number of carbonyl (C=O) groups is 2. The van der Waals surface area contributed by atoms with Crippen molar-refractivity contribution in [3.63, 3.8) is 0 Å². The summed E-state index contributed by atoms with van der Waals surface area (Å²) >= 11 is 20.3. The Bertz CT molecular complexity index is 1250. The molecule has 3 aromatic rings. The third-order valence-corrected chi connectivity index (χ3v) is 8.77. The third kappa shape index (κ3) is 9.18. The van der Waals surface area contributed by atoms with Crippen LogP contribution >= 0.6 is 46.6 Å². The van der Waals surface area contributed by atoms with Crippen molar-refractivity contribution in [3.05, 3.63) is 105 Å². The van der Waals surface area contributed by atoms with Gasteiger partial charge in [-0.2, -0.15) is 0 Å². The van der Waals surface area contributed by atoms with Gasteiger partial charge in [0.25, 0.3) is 0 Å². The molecular formula is C31H33Cl3N2O2S. The molecule has 8 heteroatoms. The summed E-state index contributed by atoms with van der Waals surface area (Å²) in [6, 6.07) is 22.2. The number of hydrogen-bond donors (Lipinski definition) is 1. The molecule has 0 radical (unpaired) electrons. The van der Waals surface area contributed by atoms with E-state index >= 15 is 0 Å². The maximum absolute atomic E-state index is 13.8. The first-order valence-electron chi connectivity index (χ1n) is 13.3. The van der Waals surface area contributed by atoms with Crippen molar-refractivity contribution in [2.45, 2.75) is 62.9 Å². The number of nitrogens with zero attached hydrogens (tertiary/aromatic N) is 1. The second kappa shape index (κ2) is 15.0. The van der Waals surface area contributed by atoms with Gasteiger partial charge < -0.3 is 10.2 Å². The smallest absolute Gasteiger partial charge is 0.243 e. The first-order valence-corrected chi connectivity index (χ1v) is 15.6. The van der Waals surface area contributed by atoms with Crippen LogP contribution in [0.2, 0.25) is 15.1 Å². The molecule has 4 rings (SSSR count). The number of hydrogen-bond acceptors (Lipinski definition) is 3. The van der Waals surface area contributed by atoms with Crippen LogP contribution < -0.4 is 5.32 Å². The zero-order valence-corrected chi connectivity index (χ0v) is 24.8. The van der Waals surface area contributed by atoms with Gasteiger partial charge in [-0.25, -0.2) is 0 Å². The molecule has 0 spiro atoms. The van der Waals surface area contributed by atoms with Gasteiger partial charge in [0.05, 0.1) is 5.75 Å². The molecule has 1 aliphatic rings. The number of carbonyl (C=O) groups excluding carboxylic acids is 2. The van der Waals surface area contributed by atoms with Crippen LogP contribution in [0.4, 0.5) is 0 Å². The maximum Gasteiger partial charge on any atom is 0.243 e. The van der Waals surface area contributed by atoms with Gasteiger partial charge in [-0.1, -0.05) is 103 Å². The van der Waals surface area contributed by atoms with E-state index in [0.29, 0.717) is 27.2 Å². The van der Waals surface area contributed by atoms with E-state index in [1.54, 1.807) is 17.0 Å². The minimum Gasteiger partial charge on any atom is -0.352 e. The molecule has 0 aromatic heterocycles. The zero-order chi connectivity index (χ0) is 27.6. The fourth-order valence-corrected chi connectivity index (χ4v) is 6.44. The molecular weight excluding hydrogens is 571 g/mol. The Morgan fingerprint density at radius 1 is 0.872 bits per heavy atom. The highest BCUT2D eigenvalue weighted by atomic mass is 35.5. The van der Waals surface area contributed by atoms with Gasteiger partial charge in [0.2, 0.25) is 11.8 Å². The lowest BCUT2D eigenvalue weighted by atomic mass is 9.94. The first kappa shape index (κ1) is 29.8. The lowest BCUT2D eigenvalue weighted by Gasteiger charge is -2.33. The van der Waals surface area contributed by atoms with E-state index in [1.165, 1.54) is 18.2 Å². The number of amides is 2. The monoisotopic (exact) mass is 602 g/mol. The van der Waals surface area contributed by atoms with Crippen LogP contribution in [0.5, 0.6) is 0 Å². The van der Waals surface area contributed by atoms with Gasteiger partial charge in [-0.05, 0) is 53.8 Å². The topological polar surface area (TPSA) is 49.4 Å². The fraction of sp³-hybridized carbons (Fsp3) is 0.355. The van der Waals surface area contributed by atoms with Crippen LogP contribution in [0.15, 0.2) is 72.8 Å². The van der Waals surface area contributed by atoms with Crippen LogP contribution in [0.25, 0.3) is 0 Å². The number of rotatable bonds is 11. The van der Waals surface area contributed by atoms with Gasteiger partial charge in [0.15, 0.2) is 0 Å². The van der Waals surface area contributed by atoms with Crippen molar-refractivity contribution in [1.29, 1.82) is 0 Å². The van der Waals surface area contributed by atoms with Gasteiger partial charge in [0, 0.05) is 39.8 Å². The van der Waals surface area contributed by atoms with E-state index in [9.17, 15) is 9.59 Å². The van der Waals surface area contributed by atoms with Gasteiger partial charge in [-0.3, -0.25) is 9.59 Å². The zero-order valence-electron chi connectivity index (χ0n) is 21.8. The molecule has 1 aliphatic carbocycles. The fourth-order valence-electron chi connectivity index (χ4n) is 4.90. The molecule has 1 fully saturated rings. The second-order valence-corrected chi connectivity index (χ2v) is 12.2. The van der Waals surface area contributed by atoms with Gasteiger partial charge in [0.1, 0.15) is 6.04 Å². The molecule has 2 amide bonds. The molecule has 1 atom stereocenters. The van der Waals surface area contributed by atoms with Crippen molar-refractivity contribution in [2.75, 3.05) is 5.75 Å². The van der Waals surface area contributed by atoms with E-state index in [-0.39, 0.29) is 30.2 Å². The van der Waals surface area contributed by atoms with Crippen LogP contribution in [0.3, 0.4) is 0 Å². The lowest BCUT2D eigenvalue weighted by molar-refractivity contribution is -0.139. The molecule has 3 aromatic carbocycles. The van der Waals surface area contributed by atoms with Crippen molar-refractivity contribution >= 4 is 58.4 Å². The Kier molecular flexibility index (Phi) is 11.5. The van der Waals surface area contributed by atoms with E-state index in [1.807, 2.05) is 60.7 Å².